The molecule has 88 valence electrons. The van der Waals surface area contributed by atoms with Crippen LogP contribution >= 0.6 is 0 Å². The number of rotatable bonds is 2. The van der Waals surface area contributed by atoms with E-state index >= 15 is 0 Å². The lowest BCUT2D eigenvalue weighted by atomic mass is 10.1. The van der Waals surface area contributed by atoms with Crippen molar-refractivity contribution in [1.29, 1.82) is 0 Å². The molecular weight excluding hydrogens is 223 g/mol. The average molecular weight is 233 g/mol. The molecule has 16 heavy (non-hydrogen) atoms. The fraction of sp³-hybridized carbons (Fsp3) is 0.300. The SMILES string of the molecule is CN(C(=O)O)C(c1ccccc1)C(F)(F)F. The molecule has 0 bridgehead atoms. The number of nitrogens with zero attached hydrogens (tertiary/aromatic N) is 1. The third-order valence-corrected chi connectivity index (χ3v) is 2.11. The number of benzene rings is 1. The van der Waals surface area contributed by atoms with Gasteiger partial charge in [-0.05, 0) is 5.56 Å². The maximum Gasteiger partial charge on any atom is 0.413 e. The molecule has 3 nitrogen and oxygen atoms in total. The van der Waals surface area contributed by atoms with E-state index in [2.05, 4.69) is 0 Å². The molecule has 0 aliphatic rings. The molecular formula is C10H10F3NO2. The van der Waals surface area contributed by atoms with Crippen LogP contribution in [0.3, 0.4) is 0 Å². The van der Waals surface area contributed by atoms with Crippen molar-refractivity contribution in [2.24, 2.45) is 0 Å². The fourth-order valence-corrected chi connectivity index (χ4v) is 1.38. The monoisotopic (exact) mass is 233 g/mol. The van der Waals surface area contributed by atoms with Gasteiger partial charge in [0.25, 0.3) is 0 Å². The molecule has 0 heterocycles. The molecule has 0 fully saturated rings. The molecule has 1 N–H and O–H groups in total. The molecule has 1 atom stereocenters. The second-order valence-corrected chi connectivity index (χ2v) is 3.25. The van der Waals surface area contributed by atoms with Crippen LogP contribution in [0.4, 0.5) is 18.0 Å². The number of carboxylic acid groups (broad SMARTS) is 1. The number of carbonyl (C=O) groups is 1. The Labute approximate surface area is 90.1 Å². The zero-order chi connectivity index (χ0) is 12.3. The smallest absolute Gasteiger partial charge is 0.413 e. The van der Waals surface area contributed by atoms with Gasteiger partial charge in [0.2, 0.25) is 0 Å². The zero-order valence-corrected chi connectivity index (χ0v) is 8.40. The van der Waals surface area contributed by atoms with Crippen molar-refractivity contribution in [2.45, 2.75) is 12.2 Å². The molecule has 1 aromatic rings. The summed E-state index contributed by atoms with van der Waals surface area (Å²) < 4.78 is 38.1. The first kappa shape index (κ1) is 12.4. The van der Waals surface area contributed by atoms with Crippen molar-refractivity contribution in [3.63, 3.8) is 0 Å². The topological polar surface area (TPSA) is 40.5 Å². The van der Waals surface area contributed by atoms with Crippen LogP contribution in [0, 0.1) is 0 Å². The first-order chi connectivity index (χ1) is 7.34. The average Bonchev–Trinajstić information content (AvgIpc) is 2.17. The minimum absolute atomic E-state index is 0.0973. The van der Waals surface area contributed by atoms with E-state index in [1.54, 1.807) is 6.07 Å². The van der Waals surface area contributed by atoms with Crippen molar-refractivity contribution >= 4 is 6.09 Å². The van der Waals surface area contributed by atoms with Gasteiger partial charge in [0.15, 0.2) is 6.04 Å². The van der Waals surface area contributed by atoms with Crippen LogP contribution in [0.25, 0.3) is 0 Å². The number of hydrogen-bond acceptors (Lipinski definition) is 1. The summed E-state index contributed by atoms with van der Waals surface area (Å²) >= 11 is 0. The summed E-state index contributed by atoms with van der Waals surface area (Å²) in [6.45, 7) is 0. The summed E-state index contributed by atoms with van der Waals surface area (Å²) in [7, 11) is 0.896. The fourth-order valence-electron chi connectivity index (χ4n) is 1.38. The van der Waals surface area contributed by atoms with Gasteiger partial charge < -0.3 is 5.11 Å². The Bertz CT molecular complexity index is 364. The van der Waals surface area contributed by atoms with E-state index in [1.807, 2.05) is 0 Å². The van der Waals surface area contributed by atoms with Gasteiger partial charge in [0.1, 0.15) is 0 Å². The number of alkyl halides is 3. The van der Waals surface area contributed by atoms with Crippen molar-refractivity contribution in [3.8, 4) is 0 Å². The minimum atomic E-state index is -4.63. The van der Waals surface area contributed by atoms with E-state index in [-0.39, 0.29) is 10.5 Å². The largest absolute Gasteiger partial charge is 0.465 e. The molecule has 0 aliphatic heterocycles. The Morgan fingerprint density at radius 3 is 2.19 bits per heavy atom. The third-order valence-electron chi connectivity index (χ3n) is 2.11. The number of amides is 1. The van der Waals surface area contributed by atoms with Crippen molar-refractivity contribution in [3.05, 3.63) is 35.9 Å². The lowest BCUT2D eigenvalue weighted by molar-refractivity contribution is -0.177. The molecule has 0 saturated carbocycles. The van der Waals surface area contributed by atoms with Gasteiger partial charge in [0.05, 0.1) is 0 Å². The Balaban J connectivity index is 3.12. The van der Waals surface area contributed by atoms with Crippen LogP contribution in [0.5, 0.6) is 0 Å². The molecule has 1 amide bonds. The molecule has 0 spiro atoms. The van der Waals surface area contributed by atoms with Gasteiger partial charge in [-0.25, -0.2) is 4.79 Å². The highest BCUT2D eigenvalue weighted by molar-refractivity contribution is 5.65. The van der Waals surface area contributed by atoms with Gasteiger partial charge >= 0.3 is 12.3 Å². The van der Waals surface area contributed by atoms with E-state index in [4.69, 9.17) is 5.11 Å². The highest BCUT2D eigenvalue weighted by Gasteiger charge is 2.45. The molecule has 0 aromatic heterocycles. The Morgan fingerprint density at radius 2 is 1.81 bits per heavy atom. The molecule has 6 heteroatoms. The highest BCUT2D eigenvalue weighted by Crippen LogP contribution is 2.36. The molecule has 0 radical (unpaired) electrons. The Hall–Kier alpha value is -1.72. The van der Waals surface area contributed by atoms with Gasteiger partial charge in [-0.3, -0.25) is 4.90 Å². The summed E-state index contributed by atoms with van der Waals surface area (Å²) in [5.74, 6) is 0. The van der Waals surface area contributed by atoms with E-state index in [0.717, 1.165) is 7.05 Å². The zero-order valence-electron chi connectivity index (χ0n) is 8.40. The first-order valence-corrected chi connectivity index (χ1v) is 4.41. The number of halogens is 3. The van der Waals surface area contributed by atoms with Gasteiger partial charge in [-0.1, -0.05) is 30.3 Å². The van der Waals surface area contributed by atoms with E-state index in [1.165, 1.54) is 24.3 Å². The molecule has 0 aliphatic carbocycles. The maximum absolute atomic E-state index is 12.7. The van der Waals surface area contributed by atoms with E-state index in [0.29, 0.717) is 0 Å². The van der Waals surface area contributed by atoms with Crippen LogP contribution in [0.2, 0.25) is 0 Å². The number of hydrogen-bond donors (Lipinski definition) is 1. The van der Waals surface area contributed by atoms with Gasteiger partial charge in [-0.2, -0.15) is 13.2 Å². The van der Waals surface area contributed by atoms with Crippen LogP contribution in [-0.2, 0) is 0 Å². The van der Waals surface area contributed by atoms with Crippen molar-refractivity contribution in [2.75, 3.05) is 7.05 Å². The second-order valence-electron chi connectivity index (χ2n) is 3.25. The van der Waals surface area contributed by atoms with Crippen LogP contribution in [0.1, 0.15) is 11.6 Å². The summed E-state index contributed by atoms with van der Waals surface area (Å²) in [5.41, 5.74) is -0.0973. The highest BCUT2D eigenvalue weighted by atomic mass is 19.4. The predicted octanol–water partition coefficient (Wildman–Crippen LogP) is 2.90. The first-order valence-electron chi connectivity index (χ1n) is 4.41. The van der Waals surface area contributed by atoms with Crippen LogP contribution < -0.4 is 0 Å². The summed E-state index contributed by atoms with van der Waals surface area (Å²) in [6.07, 6.45) is -6.25. The Morgan fingerprint density at radius 1 is 1.31 bits per heavy atom. The second kappa shape index (κ2) is 4.42. The third kappa shape index (κ3) is 2.65. The summed E-state index contributed by atoms with van der Waals surface area (Å²) in [5, 5.41) is 8.60. The quantitative estimate of drug-likeness (QED) is 0.853. The molecule has 1 aromatic carbocycles. The normalized spacial score (nSPS) is 13.2. The van der Waals surface area contributed by atoms with Crippen molar-refractivity contribution in [1.82, 2.24) is 4.90 Å². The lowest BCUT2D eigenvalue weighted by Gasteiger charge is -2.28. The van der Waals surface area contributed by atoms with E-state index in [9.17, 15) is 18.0 Å². The van der Waals surface area contributed by atoms with Gasteiger partial charge in [-0.15, -0.1) is 0 Å². The lowest BCUT2D eigenvalue weighted by Crippen LogP contribution is -2.38. The Kier molecular flexibility index (Phi) is 3.41. The molecule has 0 saturated heterocycles. The van der Waals surface area contributed by atoms with Crippen molar-refractivity contribution < 1.29 is 23.1 Å². The van der Waals surface area contributed by atoms with Crippen LogP contribution in [-0.4, -0.2) is 29.3 Å². The summed E-state index contributed by atoms with van der Waals surface area (Å²) in [4.78, 5) is 10.8. The minimum Gasteiger partial charge on any atom is -0.465 e. The predicted molar refractivity (Wildman–Crippen MR) is 51.0 cm³/mol. The maximum atomic E-state index is 12.7. The summed E-state index contributed by atoms with van der Waals surface area (Å²) in [6, 6.07) is 4.80. The molecule has 1 rings (SSSR count). The van der Waals surface area contributed by atoms with Gasteiger partial charge in [0, 0.05) is 7.05 Å². The standard InChI is InChI=1S/C10H10F3NO2/c1-14(9(15)16)8(10(11,12)13)7-5-3-2-4-6-7/h2-6,8H,1H3,(H,15,16). The van der Waals surface area contributed by atoms with E-state index < -0.39 is 18.3 Å². The van der Waals surface area contributed by atoms with Crippen LogP contribution in [0.15, 0.2) is 30.3 Å². The molecule has 1 unspecified atom stereocenters.